The topological polar surface area (TPSA) is 0 Å². The van der Waals surface area contributed by atoms with E-state index in [0.717, 1.165) is 0 Å². The standard InChI is InChI=1S/C11F20/c12-1-2(13,7(21,22)10(27,28)9(25,26)6(1,19)20)5(17,18)8(23,24)3(14,4(1,15)16)11(29,30)31/t1-,2+,3+/m0/s1. The molecule has 0 spiro atoms. The third kappa shape index (κ3) is 1.78. The second kappa shape index (κ2) is 5.22. The molecule has 3 atom stereocenters. The van der Waals surface area contributed by atoms with Crippen LogP contribution in [0.3, 0.4) is 0 Å². The summed E-state index contributed by atoms with van der Waals surface area (Å²) in [7, 11) is 0. The van der Waals surface area contributed by atoms with Crippen LogP contribution in [0, 0.1) is 0 Å². The van der Waals surface area contributed by atoms with Crippen LogP contribution < -0.4 is 0 Å². The number of hydrogen-bond acceptors (Lipinski definition) is 0. The largest absolute Gasteiger partial charge is 0.435 e. The van der Waals surface area contributed by atoms with Gasteiger partial charge in [0.15, 0.2) is 0 Å². The molecule has 2 aliphatic rings. The van der Waals surface area contributed by atoms with Crippen LogP contribution in [0.25, 0.3) is 0 Å². The van der Waals surface area contributed by atoms with E-state index in [-0.39, 0.29) is 0 Å². The van der Waals surface area contributed by atoms with Crippen molar-refractivity contribution in [2.45, 2.75) is 64.6 Å². The van der Waals surface area contributed by atoms with E-state index in [2.05, 4.69) is 0 Å². The Morgan fingerprint density at radius 2 is 0.516 bits per heavy atom. The zero-order valence-corrected chi connectivity index (χ0v) is 13.1. The lowest BCUT2D eigenvalue weighted by atomic mass is 9.52. The summed E-state index contributed by atoms with van der Waals surface area (Å²) in [6, 6.07) is 0. The Morgan fingerprint density at radius 3 is 0.774 bits per heavy atom. The molecule has 2 saturated carbocycles. The molecule has 0 aromatic heterocycles. The van der Waals surface area contributed by atoms with Gasteiger partial charge >= 0.3 is 53.3 Å². The molecule has 0 heterocycles. The van der Waals surface area contributed by atoms with E-state index in [4.69, 9.17) is 0 Å². The zero-order chi connectivity index (χ0) is 25.5. The van der Waals surface area contributed by atoms with Gasteiger partial charge in [-0.25, -0.2) is 13.2 Å². The summed E-state index contributed by atoms with van der Waals surface area (Å²) < 4.78 is 270. The van der Waals surface area contributed by atoms with E-state index < -0.39 is 64.6 Å². The van der Waals surface area contributed by atoms with Gasteiger partial charge in [-0.2, -0.15) is 74.6 Å². The maximum absolute atomic E-state index is 14.4. The first-order chi connectivity index (χ1) is 13.0. The minimum atomic E-state index is -9.03. The van der Waals surface area contributed by atoms with Crippen LogP contribution >= 0.6 is 0 Å². The van der Waals surface area contributed by atoms with Crippen LogP contribution in [0.5, 0.6) is 0 Å². The van der Waals surface area contributed by atoms with Crippen molar-refractivity contribution in [2.24, 2.45) is 0 Å². The van der Waals surface area contributed by atoms with Crippen molar-refractivity contribution in [3.8, 4) is 0 Å². The van der Waals surface area contributed by atoms with E-state index in [0.29, 0.717) is 0 Å². The molecule has 0 amide bonds. The third-order valence-electron chi connectivity index (χ3n) is 5.04. The molecule has 0 bridgehead atoms. The molecule has 0 aliphatic heterocycles. The van der Waals surface area contributed by atoms with Crippen molar-refractivity contribution >= 4 is 0 Å². The van der Waals surface area contributed by atoms with Gasteiger partial charge in [-0.3, -0.25) is 0 Å². The molecule has 0 aromatic carbocycles. The van der Waals surface area contributed by atoms with Gasteiger partial charge in [0.05, 0.1) is 0 Å². The SMILES string of the molecule is FC1(F)C(F)(F)C(F)(F)[C@@]2(F)C(F)(F)[C@](F)(C(F)(F)F)C(F)(F)C(F)(F)[C@@]2(F)C1(F)F. The molecule has 2 fully saturated rings. The number of alkyl halides is 20. The molecule has 2 aliphatic carbocycles. The highest BCUT2D eigenvalue weighted by Gasteiger charge is 3.16. The molecule has 0 radical (unpaired) electrons. The summed E-state index contributed by atoms with van der Waals surface area (Å²) in [4.78, 5) is 0. The molecule has 20 heteroatoms. The van der Waals surface area contributed by atoms with Crippen molar-refractivity contribution in [1.82, 2.24) is 0 Å². The maximum Gasteiger partial charge on any atom is 0.435 e. The van der Waals surface area contributed by atoms with Crippen molar-refractivity contribution in [3.63, 3.8) is 0 Å². The van der Waals surface area contributed by atoms with Crippen LogP contribution in [-0.2, 0) is 0 Å². The number of rotatable bonds is 0. The van der Waals surface area contributed by atoms with Crippen LogP contribution in [0.4, 0.5) is 87.8 Å². The Hall–Kier alpha value is -1.40. The lowest BCUT2D eigenvalue weighted by Gasteiger charge is -2.64. The van der Waals surface area contributed by atoms with Gasteiger partial charge in [-0.1, -0.05) is 0 Å². The molecule has 0 unspecified atom stereocenters. The summed E-state index contributed by atoms with van der Waals surface area (Å²) in [6.07, 6.45) is -8.38. The molecule has 0 N–H and O–H groups in total. The predicted molar refractivity (Wildman–Crippen MR) is 52.2 cm³/mol. The first-order valence-corrected chi connectivity index (χ1v) is 6.78. The van der Waals surface area contributed by atoms with E-state index in [1.807, 2.05) is 0 Å². The fourth-order valence-corrected chi connectivity index (χ4v) is 3.31. The Kier molecular flexibility index (Phi) is 4.35. The van der Waals surface area contributed by atoms with Crippen LogP contribution in [0.15, 0.2) is 0 Å². The van der Waals surface area contributed by atoms with Gasteiger partial charge in [-0.15, -0.1) is 0 Å². The fraction of sp³-hybridized carbons (Fsp3) is 1.00. The quantitative estimate of drug-likeness (QED) is 0.342. The third-order valence-corrected chi connectivity index (χ3v) is 5.04. The Labute approximate surface area is 154 Å². The molecular weight excluding hydrogens is 512 g/mol. The predicted octanol–water partition coefficient (Wildman–Crippen LogP) is 6.15. The van der Waals surface area contributed by atoms with E-state index >= 15 is 0 Å². The Bertz CT molecular complexity index is 789. The molecule has 2 rings (SSSR count). The van der Waals surface area contributed by atoms with E-state index in [9.17, 15) is 87.8 Å². The number of fused-ring (bicyclic) bond motifs is 1. The van der Waals surface area contributed by atoms with Gasteiger partial charge in [0.25, 0.3) is 11.3 Å². The molecule has 0 saturated heterocycles. The second-order valence-corrected chi connectivity index (χ2v) is 6.49. The first-order valence-electron chi connectivity index (χ1n) is 6.78. The average molecular weight is 512 g/mol. The van der Waals surface area contributed by atoms with Gasteiger partial charge in [0.1, 0.15) is 0 Å². The minimum Gasteiger partial charge on any atom is -0.226 e. The van der Waals surface area contributed by atoms with Crippen molar-refractivity contribution in [1.29, 1.82) is 0 Å². The second-order valence-electron chi connectivity index (χ2n) is 6.49. The van der Waals surface area contributed by atoms with E-state index in [1.54, 1.807) is 0 Å². The molecular formula is C11F20. The van der Waals surface area contributed by atoms with E-state index in [1.165, 1.54) is 0 Å². The van der Waals surface area contributed by atoms with Gasteiger partial charge in [-0.05, 0) is 0 Å². The van der Waals surface area contributed by atoms with Crippen molar-refractivity contribution in [3.05, 3.63) is 0 Å². The highest BCUT2D eigenvalue weighted by molar-refractivity contribution is 5.44. The average Bonchev–Trinajstić information content (AvgIpc) is 2.54. The normalized spacial score (nSPS) is 43.7. The monoisotopic (exact) mass is 512 g/mol. The van der Waals surface area contributed by atoms with Crippen LogP contribution in [-0.4, -0.2) is 64.6 Å². The lowest BCUT2D eigenvalue weighted by molar-refractivity contribution is -0.563. The minimum absolute atomic E-state index is 8.38. The number of hydrogen-bond donors (Lipinski definition) is 0. The number of halogens is 20. The lowest BCUT2D eigenvalue weighted by Crippen LogP contribution is -3.00. The summed E-state index contributed by atoms with van der Waals surface area (Å²) in [5.74, 6) is -60.9. The van der Waals surface area contributed by atoms with Gasteiger partial charge < -0.3 is 0 Å². The van der Waals surface area contributed by atoms with Gasteiger partial charge in [0.2, 0.25) is 0 Å². The molecule has 184 valence electrons. The molecule has 31 heavy (non-hydrogen) atoms. The van der Waals surface area contributed by atoms with Crippen molar-refractivity contribution in [2.75, 3.05) is 0 Å². The maximum atomic E-state index is 14.4. The van der Waals surface area contributed by atoms with Crippen molar-refractivity contribution < 1.29 is 87.8 Å². The highest BCUT2D eigenvalue weighted by Crippen LogP contribution is 2.82. The highest BCUT2D eigenvalue weighted by atomic mass is 19.4. The summed E-state index contributed by atoms with van der Waals surface area (Å²) in [5.41, 5.74) is -26.8. The summed E-state index contributed by atoms with van der Waals surface area (Å²) in [5, 5.41) is 0. The molecule has 0 aromatic rings. The van der Waals surface area contributed by atoms with Crippen LogP contribution in [0.2, 0.25) is 0 Å². The molecule has 0 nitrogen and oxygen atoms in total. The summed E-state index contributed by atoms with van der Waals surface area (Å²) in [6.45, 7) is 0. The van der Waals surface area contributed by atoms with Crippen LogP contribution in [0.1, 0.15) is 0 Å². The Morgan fingerprint density at radius 1 is 0.290 bits per heavy atom. The smallest absolute Gasteiger partial charge is 0.226 e. The first kappa shape index (κ1) is 25.9. The fourth-order valence-electron chi connectivity index (χ4n) is 3.31. The van der Waals surface area contributed by atoms with Gasteiger partial charge in [0, 0.05) is 0 Å². The zero-order valence-electron chi connectivity index (χ0n) is 13.1. The summed E-state index contributed by atoms with van der Waals surface area (Å²) >= 11 is 0. The Balaban J connectivity index is 3.31.